The first-order chi connectivity index (χ1) is 12.9. The van der Waals surface area contributed by atoms with Crippen molar-refractivity contribution in [2.24, 2.45) is 0 Å². The van der Waals surface area contributed by atoms with Crippen molar-refractivity contribution in [3.8, 4) is 0 Å². The average molecular weight is 388 g/mol. The molecule has 1 N–H and O–H groups in total. The highest BCUT2D eigenvalue weighted by atomic mass is 32.2. The minimum Gasteiger partial charge on any atom is -0.361 e. The Labute approximate surface area is 160 Å². The minimum atomic E-state index is -3.84. The quantitative estimate of drug-likeness (QED) is 0.880. The van der Waals surface area contributed by atoms with Gasteiger partial charge in [-0.15, -0.1) is 0 Å². The van der Waals surface area contributed by atoms with Gasteiger partial charge in [0.2, 0.25) is 0 Å². The van der Waals surface area contributed by atoms with Crippen molar-refractivity contribution in [3.63, 3.8) is 0 Å². The Morgan fingerprint density at radius 3 is 2.44 bits per heavy atom. The summed E-state index contributed by atoms with van der Waals surface area (Å²) in [6.07, 6.45) is 3.58. The topological polar surface area (TPSA) is 73.5 Å². The zero-order valence-corrected chi connectivity index (χ0v) is 16.6. The first-order valence-electron chi connectivity index (χ1n) is 9.50. The summed E-state index contributed by atoms with van der Waals surface area (Å²) in [6, 6.07) is 7.62. The van der Waals surface area contributed by atoms with Crippen LogP contribution in [-0.4, -0.2) is 43.8 Å². The number of carbonyl (C=O) groups is 1. The maximum atomic E-state index is 13.7. The third-order valence-electron chi connectivity index (χ3n) is 5.54. The van der Waals surface area contributed by atoms with Gasteiger partial charge in [0.25, 0.3) is 15.9 Å². The first-order valence-corrected chi connectivity index (χ1v) is 10.9. The van der Waals surface area contributed by atoms with Crippen LogP contribution < -0.4 is 4.31 Å². The van der Waals surface area contributed by atoms with Crippen LogP contribution in [0.25, 0.3) is 0 Å². The number of hydrogen-bond donors (Lipinski definition) is 1. The fraction of sp³-hybridized carbons (Fsp3) is 0.450. The van der Waals surface area contributed by atoms with E-state index in [9.17, 15) is 13.2 Å². The van der Waals surface area contributed by atoms with Crippen LogP contribution in [0, 0.1) is 13.8 Å². The van der Waals surface area contributed by atoms with Gasteiger partial charge in [-0.3, -0.25) is 9.10 Å². The Bertz CT molecular complexity index is 988. The monoisotopic (exact) mass is 387 g/mol. The fourth-order valence-electron chi connectivity index (χ4n) is 4.28. The zero-order valence-electron chi connectivity index (χ0n) is 15.8. The molecule has 4 rings (SSSR count). The van der Waals surface area contributed by atoms with Crippen LogP contribution in [0.2, 0.25) is 0 Å². The number of aryl methyl sites for hydroxylation is 3. The maximum absolute atomic E-state index is 13.7. The summed E-state index contributed by atoms with van der Waals surface area (Å²) in [6.45, 7) is 5.32. The second kappa shape index (κ2) is 6.71. The van der Waals surface area contributed by atoms with E-state index in [0.717, 1.165) is 36.9 Å². The summed E-state index contributed by atoms with van der Waals surface area (Å²) in [5.74, 6) is -0.182. The molecule has 1 fully saturated rings. The van der Waals surface area contributed by atoms with Gasteiger partial charge in [-0.25, -0.2) is 8.42 Å². The molecule has 0 bridgehead atoms. The van der Waals surface area contributed by atoms with E-state index in [1.165, 1.54) is 4.31 Å². The van der Waals surface area contributed by atoms with Gasteiger partial charge in [0, 0.05) is 31.0 Å². The molecule has 0 radical (unpaired) electrons. The Morgan fingerprint density at radius 2 is 1.70 bits per heavy atom. The van der Waals surface area contributed by atoms with Crippen LogP contribution in [0.4, 0.5) is 5.69 Å². The van der Waals surface area contributed by atoms with Gasteiger partial charge < -0.3 is 9.88 Å². The number of benzene rings is 1. The number of aromatic nitrogens is 1. The van der Waals surface area contributed by atoms with Gasteiger partial charge in [-0.05, 0) is 51.2 Å². The number of para-hydroxylation sites is 1. The predicted molar refractivity (Wildman–Crippen MR) is 105 cm³/mol. The van der Waals surface area contributed by atoms with E-state index in [1.807, 2.05) is 24.3 Å². The number of nitrogens with one attached hydrogen (secondary N) is 1. The van der Waals surface area contributed by atoms with Crippen LogP contribution >= 0.6 is 0 Å². The molecule has 7 heteroatoms. The van der Waals surface area contributed by atoms with Crippen molar-refractivity contribution >= 4 is 21.6 Å². The lowest BCUT2D eigenvalue weighted by atomic mass is 10.0. The number of sulfonamides is 1. The molecule has 6 nitrogen and oxygen atoms in total. The lowest BCUT2D eigenvalue weighted by Gasteiger charge is -2.31. The zero-order chi connectivity index (χ0) is 19.2. The Kier molecular flexibility index (Phi) is 4.50. The Morgan fingerprint density at radius 1 is 1.00 bits per heavy atom. The van der Waals surface area contributed by atoms with Crippen molar-refractivity contribution in [1.82, 2.24) is 9.88 Å². The van der Waals surface area contributed by atoms with E-state index < -0.39 is 10.0 Å². The molecule has 0 spiro atoms. The van der Waals surface area contributed by atoms with E-state index in [-0.39, 0.29) is 10.8 Å². The molecule has 1 aromatic carbocycles. The number of rotatable bonds is 3. The van der Waals surface area contributed by atoms with Gasteiger partial charge in [0.1, 0.15) is 4.90 Å². The first kappa shape index (κ1) is 18.1. The van der Waals surface area contributed by atoms with Crippen LogP contribution in [-0.2, 0) is 16.4 Å². The molecule has 0 unspecified atom stereocenters. The second-order valence-corrected chi connectivity index (χ2v) is 9.19. The number of carbonyl (C=O) groups excluding carboxylic acids is 1. The summed E-state index contributed by atoms with van der Waals surface area (Å²) in [7, 11) is -3.84. The van der Waals surface area contributed by atoms with E-state index in [0.29, 0.717) is 36.6 Å². The smallest absolute Gasteiger partial charge is 0.266 e. The highest BCUT2D eigenvalue weighted by Crippen LogP contribution is 2.35. The van der Waals surface area contributed by atoms with E-state index in [1.54, 1.807) is 18.7 Å². The van der Waals surface area contributed by atoms with Crippen LogP contribution in [0.15, 0.2) is 29.2 Å². The molecule has 0 saturated carbocycles. The molecule has 1 saturated heterocycles. The molecule has 2 aromatic rings. The van der Waals surface area contributed by atoms with E-state index >= 15 is 0 Å². The number of H-pyrrole nitrogens is 1. The number of amides is 1. The van der Waals surface area contributed by atoms with Gasteiger partial charge in [0.15, 0.2) is 0 Å². The highest BCUT2D eigenvalue weighted by molar-refractivity contribution is 7.93. The largest absolute Gasteiger partial charge is 0.361 e. The van der Waals surface area contributed by atoms with Crippen molar-refractivity contribution in [2.45, 2.75) is 44.4 Å². The van der Waals surface area contributed by atoms with E-state index in [4.69, 9.17) is 0 Å². The molecule has 2 aliphatic heterocycles. The standard InChI is InChI=1S/C20H25N3O3S/c1-14-18(20(24)22-11-5-6-12-22)19(15(2)21-14)27(25,26)23-13-7-9-16-8-3-4-10-17(16)23/h3-4,8,10,21H,5-7,9,11-13H2,1-2H3. The molecular weight excluding hydrogens is 362 g/mol. The molecule has 1 aromatic heterocycles. The summed E-state index contributed by atoms with van der Waals surface area (Å²) >= 11 is 0. The molecule has 27 heavy (non-hydrogen) atoms. The van der Waals surface area contributed by atoms with Crippen LogP contribution in [0.5, 0.6) is 0 Å². The van der Waals surface area contributed by atoms with Crippen molar-refractivity contribution in [1.29, 1.82) is 0 Å². The lowest BCUT2D eigenvalue weighted by Crippen LogP contribution is -2.37. The number of hydrogen-bond acceptors (Lipinski definition) is 3. The summed E-state index contributed by atoms with van der Waals surface area (Å²) in [5.41, 5.74) is 3.20. The Hall–Kier alpha value is -2.28. The van der Waals surface area contributed by atoms with E-state index in [2.05, 4.69) is 4.98 Å². The van der Waals surface area contributed by atoms with Crippen LogP contribution in [0.1, 0.15) is 46.6 Å². The lowest BCUT2D eigenvalue weighted by molar-refractivity contribution is 0.0788. The molecule has 0 atom stereocenters. The molecule has 0 aliphatic carbocycles. The Balaban J connectivity index is 1.83. The average Bonchev–Trinajstić information content (AvgIpc) is 3.28. The highest BCUT2D eigenvalue weighted by Gasteiger charge is 2.37. The van der Waals surface area contributed by atoms with Crippen molar-refractivity contribution < 1.29 is 13.2 Å². The number of aromatic amines is 1. The number of anilines is 1. The minimum absolute atomic E-state index is 0.133. The summed E-state index contributed by atoms with van der Waals surface area (Å²) in [5, 5.41) is 0. The number of nitrogens with zero attached hydrogens (tertiary/aromatic N) is 2. The molecule has 2 aliphatic rings. The molecule has 3 heterocycles. The van der Waals surface area contributed by atoms with Gasteiger partial charge in [0.05, 0.1) is 11.3 Å². The molecule has 144 valence electrons. The van der Waals surface area contributed by atoms with Crippen LogP contribution in [0.3, 0.4) is 0 Å². The van der Waals surface area contributed by atoms with Gasteiger partial charge >= 0.3 is 0 Å². The number of fused-ring (bicyclic) bond motifs is 1. The summed E-state index contributed by atoms with van der Waals surface area (Å²) in [4.78, 5) is 18.1. The molecular formula is C20H25N3O3S. The maximum Gasteiger partial charge on any atom is 0.266 e. The van der Waals surface area contributed by atoms with Gasteiger partial charge in [-0.2, -0.15) is 0 Å². The molecule has 1 amide bonds. The summed E-state index contributed by atoms with van der Waals surface area (Å²) < 4.78 is 28.8. The fourth-order valence-corrected chi connectivity index (χ4v) is 6.24. The van der Waals surface area contributed by atoms with Gasteiger partial charge in [-0.1, -0.05) is 18.2 Å². The van der Waals surface area contributed by atoms with Crippen molar-refractivity contribution in [2.75, 3.05) is 23.9 Å². The van der Waals surface area contributed by atoms with Crippen molar-refractivity contribution in [3.05, 3.63) is 46.8 Å². The third kappa shape index (κ3) is 2.94. The predicted octanol–water partition coefficient (Wildman–Crippen LogP) is 3.01. The SMILES string of the molecule is Cc1[nH]c(C)c(S(=O)(=O)N2CCCc3ccccc32)c1C(=O)N1CCCC1. The normalized spacial score (nSPS) is 17.3. The number of likely N-dealkylation sites (tertiary alicyclic amines) is 1. The third-order valence-corrected chi connectivity index (χ3v) is 7.53. The second-order valence-electron chi connectivity index (χ2n) is 7.39.